The summed E-state index contributed by atoms with van der Waals surface area (Å²) in [7, 11) is 0. The van der Waals surface area contributed by atoms with Gasteiger partial charge in [0.05, 0.1) is 0 Å². The van der Waals surface area contributed by atoms with Crippen LogP contribution in [0.5, 0.6) is 0 Å². The van der Waals surface area contributed by atoms with E-state index in [0.29, 0.717) is 5.56 Å². The molecule has 0 fully saturated rings. The van der Waals surface area contributed by atoms with Crippen molar-refractivity contribution >= 4 is 17.7 Å². The second kappa shape index (κ2) is 5.06. The number of carbonyl (C=O) groups is 1. The van der Waals surface area contributed by atoms with Crippen LogP contribution in [-0.2, 0) is 0 Å². The van der Waals surface area contributed by atoms with Crippen LogP contribution in [0.25, 0.3) is 11.1 Å². The summed E-state index contributed by atoms with van der Waals surface area (Å²) in [6.07, 6.45) is 2.01. The Bertz CT molecular complexity index is 551. The highest BCUT2D eigenvalue weighted by atomic mass is 32.2. The van der Waals surface area contributed by atoms with Crippen LogP contribution >= 0.6 is 11.8 Å². The summed E-state index contributed by atoms with van der Waals surface area (Å²) < 4.78 is 0. The predicted octanol–water partition coefficient (Wildman–Crippen LogP) is 2.97. The molecule has 2 N–H and O–H groups in total. The van der Waals surface area contributed by atoms with E-state index in [1.54, 1.807) is 23.9 Å². The number of thioether (sulfide) groups is 1. The SMILES string of the molecule is CSc1ccccc1-c1cc[c]cc1C(N)=O. The zero-order chi connectivity index (χ0) is 12.3. The molecule has 3 heteroatoms. The Morgan fingerprint density at radius 3 is 2.71 bits per heavy atom. The second-order valence-electron chi connectivity index (χ2n) is 3.54. The molecule has 0 aliphatic heterocycles. The van der Waals surface area contributed by atoms with Gasteiger partial charge >= 0.3 is 0 Å². The van der Waals surface area contributed by atoms with Crippen molar-refractivity contribution in [1.82, 2.24) is 0 Å². The third-order valence-corrected chi connectivity index (χ3v) is 3.32. The Hall–Kier alpha value is -1.74. The summed E-state index contributed by atoms with van der Waals surface area (Å²) in [5.74, 6) is -0.423. The van der Waals surface area contributed by atoms with E-state index in [2.05, 4.69) is 6.07 Å². The van der Waals surface area contributed by atoms with Gasteiger partial charge in [-0.05, 0) is 35.6 Å². The van der Waals surface area contributed by atoms with Crippen molar-refractivity contribution in [3.63, 3.8) is 0 Å². The number of amides is 1. The molecule has 2 aromatic rings. The summed E-state index contributed by atoms with van der Waals surface area (Å²) in [5.41, 5.74) is 7.78. The van der Waals surface area contributed by atoms with Crippen molar-refractivity contribution < 1.29 is 4.79 Å². The Kier molecular flexibility index (Phi) is 3.49. The fourth-order valence-electron chi connectivity index (χ4n) is 1.74. The van der Waals surface area contributed by atoms with Crippen LogP contribution in [0.3, 0.4) is 0 Å². The molecular formula is C14H12NOS. The number of nitrogens with two attached hydrogens (primary N) is 1. The van der Waals surface area contributed by atoms with Crippen LogP contribution in [0, 0.1) is 6.07 Å². The number of carbonyl (C=O) groups excluding carboxylic acids is 1. The third kappa shape index (κ3) is 2.34. The van der Waals surface area contributed by atoms with E-state index in [4.69, 9.17) is 5.73 Å². The molecule has 0 bridgehead atoms. The number of rotatable bonds is 3. The molecule has 0 aromatic heterocycles. The molecule has 17 heavy (non-hydrogen) atoms. The number of hydrogen-bond donors (Lipinski definition) is 1. The number of hydrogen-bond acceptors (Lipinski definition) is 2. The Labute approximate surface area is 105 Å². The monoisotopic (exact) mass is 242 g/mol. The van der Waals surface area contributed by atoms with Gasteiger partial charge < -0.3 is 5.73 Å². The molecule has 0 aliphatic rings. The molecule has 2 rings (SSSR count). The van der Waals surface area contributed by atoms with Gasteiger partial charge in [0.15, 0.2) is 0 Å². The summed E-state index contributed by atoms with van der Waals surface area (Å²) in [4.78, 5) is 12.5. The van der Waals surface area contributed by atoms with Gasteiger partial charge in [0.25, 0.3) is 0 Å². The maximum atomic E-state index is 11.4. The first-order valence-electron chi connectivity index (χ1n) is 5.17. The minimum Gasteiger partial charge on any atom is -0.366 e. The van der Waals surface area contributed by atoms with Crippen molar-refractivity contribution in [3.05, 3.63) is 54.1 Å². The van der Waals surface area contributed by atoms with Crippen LogP contribution in [0.15, 0.2) is 47.4 Å². The van der Waals surface area contributed by atoms with Gasteiger partial charge in [-0.3, -0.25) is 4.79 Å². The highest BCUT2D eigenvalue weighted by Crippen LogP contribution is 2.31. The molecule has 0 aliphatic carbocycles. The van der Waals surface area contributed by atoms with Crippen LogP contribution in [0.4, 0.5) is 0 Å². The van der Waals surface area contributed by atoms with Gasteiger partial charge in [0.1, 0.15) is 0 Å². The zero-order valence-electron chi connectivity index (χ0n) is 9.44. The topological polar surface area (TPSA) is 43.1 Å². The number of primary amides is 1. The highest BCUT2D eigenvalue weighted by molar-refractivity contribution is 7.98. The van der Waals surface area contributed by atoms with Crippen LogP contribution in [-0.4, -0.2) is 12.2 Å². The van der Waals surface area contributed by atoms with Crippen molar-refractivity contribution in [2.45, 2.75) is 4.90 Å². The van der Waals surface area contributed by atoms with Crippen LogP contribution < -0.4 is 5.73 Å². The summed E-state index contributed by atoms with van der Waals surface area (Å²) >= 11 is 1.65. The van der Waals surface area contributed by atoms with Gasteiger partial charge in [-0.25, -0.2) is 0 Å². The highest BCUT2D eigenvalue weighted by Gasteiger charge is 2.11. The summed E-state index contributed by atoms with van der Waals surface area (Å²) in [5, 5.41) is 0. The van der Waals surface area contributed by atoms with Crippen LogP contribution in [0.1, 0.15) is 10.4 Å². The van der Waals surface area contributed by atoms with Crippen molar-refractivity contribution in [3.8, 4) is 11.1 Å². The lowest BCUT2D eigenvalue weighted by Gasteiger charge is -2.10. The lowest BCUT2D eigenvalue weighted by Crippen LogP contribution is -2.12. The van der Waals surface area contributed by atoms with Gasteiger partial charge in [0.2, 0.25) is 5.91 Å². The largest absolute Gasteiger partial charge is 0.366 e. The molecule has 85 valence electrons. The Morgan fingerprint density at radius 2 is 2.00 bits per heavy atom. The van der Waals surface area contributed by atoms with E-state index >= 15 is 0 Å². The Balaban J connectivity index is 2.64. The van der Waals surface area contributed by atoms with Gasteiger partial charge in [0, 0.05) is 10.5 Å². The molecule has 0 heterocycles. The first-order chi connectivity index (χ1) is 8.24. The maximum Gasteiger partial charge on any atom is 0.249 e. The summed E-state index contributed by atoms with van der Waals surface area (Å²) in [6.45, 7) is 0. The predicted molar refractivity (Wildman–Crippen MR) is 71.0 cm³/mol. The fourth-order valence-corrected chi connectivity index (χ4v) is 2.35. The number of benzene rings is 2. The van der Waals surface area contributed by atoms with Crippen molar-refractivity contribution in [2.24, 2.45) is 5.73 Å². The van der Waals surface area contributed by atoms with Crippen molar-refractivity contribution in [2.75, 3.05) is 6.26 Å². The van der Waals surface area contributed by atoms with E-state index in [0.717, 1.165) is 16.0 Å². The smallest absolute Gasteiger partial charge is 0.249 e. The quantitative estimate of drug-likeness (QED) is 0.841. The molecule has 0 atom stereocenters. The maximum absolute atomic E-state index is 11.4. The standard InChI is InChI=1S/C14H12NOS/c1-17-13-9-5-4-7-11(13)10-6-2-3-8-12(10)14(15)16/h2,4-9H,1H3,(H2,15,16). The lowest BCUT2D eigenvalue weighted by molar-refractivity contribution is 0.100. The molecule has 1 radical (unpaired) electrons. The zero-order valence-corrected chi connectivity index (χ0v) is 10.3. The van der Waals surface area contributed by atoms with Gasteiger partial charge in [-0.2, -0.15) is 0 Å². The fraction of sp³-hybridized carbons (Fsp3) is 0.0714. The average Bonchev–Trinajstić information content (AvgIpc) is 2.38. The molecule has 0 saturated heterocycles. The molecule has 0 spiro atoms. The minimum absolute atomic E-state index is 0.423. The molecule has 0 saturated carbocycles. The van der Waals surface area contributed by atoms with E-state index in [-0.39, 0.29) is 0 Å². The Morgan fingerprint density at radius 1 is 1.24 bits per heavy atom. The van der Waals surface area contributed by atoms with E-state index in [9.17, 15) is 4.79 Å². The molecular weight excluding hydrogens is 230 g/mol. The van der Waals surface area contributed by atoms with E-state index < -0.39 is 5.91 Å². The molecule has 2 nitrogen and oxygen atoms in total. The molecule has 1 amide bonds. The minimum atomic E-state index is -0.423. The molecule has 0 unspecified atom stereocenters. The average molecular weight is 242 g/mol. The van der Waals surface area contributed by atoms with Crippen LogP contribution in [0.2, 0.25) is 0 Å². The van der Waals surface area contributed by atoms with Gasteiger partial charge in [-0.1, -0.05) is 30.3 Å². The van der Waals surface area contributed by atoms with E-state index in [1.807, 2.05) is 36.6 Å². The van der Waals surface area contributed by atoms with Gasteiger partial charge in [-0.15, -0.1) is 11.8 Å². The first-order valence-corrected chi connectivity index (χ1v) is 6.40. The third-order valence-electron chi connectivity index (χ3n) is 2.53. The lowest BCUT2D eigenvalue weighted by atomic mass is 9.99. The second-order valence-corrected chi connectivity index (χ2v) is 4.38. The normalized spacial score (nSPS) is 10.2. The first kappa shape index (κ1) is 11.7. The summed E-state index contributed by atoms with van der Waals surface area (Å²) in [6, 6.07) is 16.1. The van der Waals surface area contributed by atoms with E-state index in [1.165, 1.54) is 0 Å². The molecule has 2 aromatic carbocycles. The van der Waals surface area contributed by atoms with Crippen molar-refractivity contribution in [1.29, 1.82) is 0 Å².